The van der Waals surface area contributed by atoms with Crippen LogP contribution in [-0.2, 0) is 4.79 Å². The topological polar surface area (TPSA) is 63.3 Å². The van der Waals surface area contributed by atoms with Gasteiger partial charge in [0.05, 0.1) is 5.57 Å². The number of rotatable bonds is 5. The average Bonchev–Trinajstić information content (AvgIpc) is 1.99. The molecular formula is C9H13NO2. The molecule has 0 saturated heterocycles. The minimum Gasteiger partial charge on any atom is -0.478 e. The summed E-state index contributed by atoms with van der Waals surface area (Å²) in [6, 6.07) is 0. The molecule has 0 aromatic carbocycles. The van der Waals surface area contributed by atoms with E-state index in [0.717, 1.165) is 0 Å². The Kier molecular flexibility index (Phi) is 4.53. The third kappa shape index (κ3) is 3.05. The van der Waals surface area contributed by atoms with Gasteiger partial charge in [0.15, 0.2) is 0 Å². The molecule has 0 aromatic rings. The molecule has 0 unspecified atom stereocenters. The van der Waals surface area contributed by atoms with Crippen LogP contribution >= 0.6 is 0 Å². The van der Waals surface area contributed by atoms with E-state index in [2.05, 4.69) is 13.2 Å². The van der Waals surface area contributed by atoms with Crippen molar-refractivity contribution in [1.82, 2.24) is 0 Å². The first-order chi connectivity index (χ1) is 5.63. The predicted octanol–water partition coefficient (Wildman–Crippen LogP) is 1.44. The summed E-state index contributed by atoms with van der Waals surface area (Å²) >= 11 is 0. The number of allylic oxidation sites excluding steroid dienone is 2. The lowest BCUT2D eigenvalue weighted by molar-refractivity contribution is -0.132. The van der Waals surface area contributed by atoms with Crippen molar-refractivity contribution >= 4 is 5.97 Å². The first-order valence-electron chi connectivity index (χ1n) is 3.56. The SMILES string of the molecule is C=CC/C(N)=C(/CC=C)C(=O)O. The van der Waals surface area contributed by atoms with Crippen LogP contribution in [0.3, 0.4) is 0 Å². The normalized spacial score (nSPS) is 11.7. The first kappa shape index (κ1) is 10.5. The van der Waals surface area contributed by atoms with Crippen LogP contribution in [0.2, 0.25) is 0 Å². The van der Waals surface area contributed by atoms with Gasteiger partial charge in [0.25, 0.3) is 0 Å². The van der Waals surface area contributed by atoms with Crippen molar-refractivity contribution in [1.29, 1.82) is 0 Å². The van der Waals surface area contributed by atoms with Gasteiger partial charge in [0.1, 0.15) is 0 Å². The fraction of sp³-hybridized carbons (Fsp3) is 0.222. The van der Waals surface area contributed by atoms with Gasteiger partial charge in [-0.1, -0.05) is 12.2 Å². The van der Waals surface area contributed by atoms with Gasteiger partial charge in [0, 0.05) is 12.1 Å². The van der Waals surface area contributed by atoms with Crippen molar-refractivity contribution in [2.45, 2.75) is 12.8 Å². The lowest BCUT2D eigenvalue weighted by Crippen LogP contribution is -2.09. The molecule has 12 heavy (non-hydrogen) atoms. The summed E-state index contributed by atoms with van der Waals surface area (Å²) in [5.41, 5.74) is 6.04. The summed E-state index contributed by atoms with van der Waals surface area (Å²) in [5, 5.41) is 8.68. The Morgan fingerprint density at radius 1 is 1.33 bits per heavy atom. The van der Waals surface area contributed by atoms with Gasteiger partial charge >= 0.3 is 5.97 Å². The molecule has 0 bridgehead atoms. The molecule has 0 fully saturated rings. The number of nitrogens with two attached hydrogens (primary N) is 1. The van der Waals surface area contributed by atoms with Gasteiger partial charge in [0.2, 0.25) is 0 Å². The van der Waals surface area contributed by atoms with Gasteiger partial charge in [-0.05, 0) is 6.42 Å². The van der Waals surface area contributed by atoms with Crippen LogP contribution in [0, 0.1) is 0 Å². The molecule has 0 rings (SSSR count). The molecule has 0 aliphatic heterocycles. The van der Waals surface area contributed by atoms with Crippen LogP contribution < -0.4 is 5.73 Å². The third-order valence-corrected chi connectivity index (χ3v) is 1.36. The smallest absolute Gasteiger partial charge is 0.333 e. The molecule has 3 N–H and O–H groups in total. The van der Waals surface area contributed by atoms with Crippen molar-refractivity contribution in [2.24, 2.45) is 5.73 Å². The van der Waals surface area contributed by atoms with Crippen molar-refractivity contribution in [3.63, 3.8) is 0 Å². The van der Waals surface area contributed by atoms with Gasteiger partial charge in [-0.3, -0.25) is 0 Å². The lowest BCUT2D eigenvalue weighted by Gasteiger charge is -2.02. The Bertz CT molecular complexity index is 229. The summed E-state index contributed by atoms with van der Waals surface area (Å²) in [6.45, 7) is 6.92. The van der Waals surface area contributed by atoms with Crippen LogP contribution in [0.4, 0.5) is 0 Å². The van der Waals surface area contributed by atoms with E-state index in [1.165, 1.54) is 6.08 Å². The molecule has 0 aromatic heterocycles. The van der Waals surface area contributed by atoms with E-state index >= 15 is 0 Å². The van der Waals surface area contributed by atoms with Gasteiger partial charge < -0.3 is 10.8 Å². The molecule has 66 valence electrons. The molecule has 3 heteroatoms. The number of carboxylic acids is 1. The summed E-state index contributed by atoms with van der Waals surface area (Å²) in [7, 11) is 0. The van der Waals surface area contributed by atoms with Crippen LogP contribution in [0.25, 0.3) is 0 Å². The largest absolute Gasteiger partial charge is 0.478 e. The van der Waals surface area contributed by atoms with E-state index in [1.54, 1.807) is 6.08 Å². The zero-order valence-corrected chi connectivity index (χ0v) is 6.92. The third-order valence-electron chi connectivity index (χ3n) is 1.36. The molecule has 0 spiro atoms. The second-order valence-corrected chi connectivity index (χ2v) is 2.29. The van der Waals surface area contributed by atoms with E-state index in [4.69, 9.17) is 10.8 Å². The Hall–Kier alpha value is -1.51. The van der Waals surface area contributed by atoms with Crippen molar-refractivity contribution < 1.29 is 9.90 Å². The fourth-order valence-electron chi connectivity index (χ4n) is 0.779. The molecule has 0 aliphatic carbocycles. The van der Waals surface area contributed by atoms with Gasteiger partial charge in [-0.15, -0.1) is 13.2 Å². The van der Waals surface area contributed by atoms with E-state index < -0.39 is 5.97 Å². The summed E-state index contributed by atoms with van der Waals surface area (Å²) in [4.78, 5) is 10.6. The molecule has 0 aliphatic rings. The van der Waals surface area contributed by atoms with Crippen molar-refractivity contribution in [2.75, 3.05) is 0 Å². The van der Waals surface area contributed by atoms with E-state index in [-0.39, 0.29) is 12.0 Å². The average molecular weight is 167 g/mol. The summed E-state index contributed by atoms with van der Waals surface area (Å²) in [5.74, 6) is -0.991. The van der Waals surface area contributed by atoms with Crippen LogP contribution in [0.1, 0.15) is 12.8 Å². The Labute approximate surface area is 71.9 Å². The zero-order chi connectivity index (χ0) is 9.56. The highest BCUT2D eigenvalue weighted by atomic mass is 16.4. The van der Waals surface area contributed by atoms with E-state index in [9.17, 15) is 4.79 Å². The Balaban J connectivity index is 4.64. The summed E-state index contributed by atoms with van der Waals surface area (Å²) in [6.07, 6.45) is 3.77. The zero-order valence-electron chi connectivity index (χ0n) is 6.92. The molecule has 3 nitrogen and oxygen atoms in total. The lowest BCUT2D eigenvalue weighted by atomic mass is 10.1. The highest BCUT2D eigenvalue weighted by molar-refractivity contribution is 5.87. The van der Waals surface area contributed by atoms with Gasteiger partial charge in [-0.25, -0.2) is 4.79 Å². The van der Waals surface area contributed by atoms with Crippen molar-refractivity contribution in [3.05, 3.63) is 36.6 Å². The van der Waals surface area contributed by atoms with E-state index in [1.807, 2.05) is 0 Å². The quantitative estimate of drug-likeness (QED) is 0.481. The number of aliphatic carboxylic acids is 1. The number of hydrogen-bond acceptors (Lipinski definition) is 2. The standard InChI is InChI=1S/C9H13NO2/c1-3-5-7(9(11)12)8(10)6-4-2/h3-4H,1-2,5-6,10H2,(H,11,12)/b8-7+. The molecule has 0 atom stereocenters. The maximum atomic E-state index is 10.6. The Morgan fingerprint density at radius 2 is 1.83 bits per heavy atom. The minimum atomic E-state index is -0.991. The second-order valence-electron chi connectivity index (χ2n) is 2.29. The molecule has 0 saturated carbocycles. The van der Waals surface area contributed by atoms with Crippen LogP contribution in [0.5, 0.6) is 0 Å². The maximum absolute atomic E-state index is 10.6. The molecule has 0 amide bonds. The van der Waals surface area contributed by atoms with Gasteiger partial charge in [-0.2, -0.15) is 0 Å². The van der Waals surface area contributed by atoms with E-state index in [0.29, 0.717) is 12.1 Å². The maximum Gasteiger partial charge on any atom is 0.333 e. The van der Waals surface area contributed by atoms with Crippen LogP contribution in [-0.4, -0.2) is 11.1 Å². The number of carboxylic acid groups (broad SMARTS) is 1. The predicted molar refractivity (Wildman–Crippen MR) is 48.5 cm³/mol. The highest BCUT2D eigenvalue weighted by Gasteiger charge is 2.08. The molecule has 0 radical (unpaired) electrons. The fourth-order valence-corrected chi connectivity index (χ4v) is 0.779. The first-order valence-corrected chi connectivity index (χ1v) is 3.56. The molecular weight excluding hydrogens is 154 g/mol. The monoisotopic (exact) mass is 167 g/mol. The Morgan fingerprint density at radius 3 is 2.17 bits per heavy atom. The molecule has 0 heterocycles. The second kappa shape index (κ2) is 5.18. The van der Waals surface area contributed by atoms with Crippen LogP contribution in [0.15, 0.2) is 36.6 Å². The highest BCUT2D eigenvalue weighted by Crippen LogP contribution is 2.08. The minimum absolute atomic E-state index is 0.199. The summed E-state index contributed by atoms with van der Waals surface area (Å²) < 4.78 is 0. The number of hydrogen-bond donors (Lipinski definition) is 2. The number of carbonyl (C=O) groups is 1. The van der Waals surface area contributed by atoms with Crippen molar-refractivity contribution in [3.8, 4) is 0 Å².